The predicted molar refractivity (Wildman–Crippen MR) is 52.7 cm³/mol. The minimum absolute atomic E-state index is 0.0243. The van der Waals surface area contributed by atoms with Gasteiger partial charge < -0.3 is 9.67 Å². The van der Waals surface area contributed by atoms with Crippen molar-refractivity contribution in [2.75, 3.05) is 0 Å². The summed E-state index contributed by atoms with van der Waals surface area (Å²) in [5, 5.41) is 9.57. The molecule has 72 valence electrons. The van der Waals surface area contributed by atoms with Crippen LogP contribution in [0.5, 0.6) is 0 Å². The third kappa shape index (κ3) is 1.15. The molecule has 2 aromatic heterocycles. The van der Waals surface area contributed by atoms with E-state index in [0.29, 0.717) is 5.39 Å². The Bertz CT molecular complexity index is 519. The van der Waals surface area contributed by atoms with Crippen molar-refractivity contribution in [2.45, 2.75) is 0 Å². The topological polar surface area (TPSA) is 55.1 Å². The summed E-state index contributed by atoms with van der Waals surface area (Å²) in [6, 6.07) is 1.71. The van der Waals surface area contributed by atoms with Gasteiger partial charge in [0.25, 0.3) is 0 Å². The SMILES string of the molecule is Cn1ccc2c(C(=O)O)c(Cl)ncc21. The molecule has 0 atom stereocenters. The molecule has 0 bridgehead atoms. The van der Waals surface area contributed by atoms with Gasteiger partial charge in [0.05, 0.1) is 11.7 Å². The van der Waals surface area contributed by atoms with Crippen molar-refractivity contribution >= 4 is 28.5 Å². The van der Waals surface area contributed by atoms with Crippen LogP contribution in [-0.2, 0) is 7.05 Å². The molecule has 2 aromatic rings. The zero-order chi connectivity index (χ0) is 10.3. The summed E-state index contributed by atoms with van der Waals surface area (Å²) in [6.45, 7) is 0. The lowest BCUT2D eigenvalue weighted by Crippen LogP contribution is -2.00. The van der Waals surface area contributed by atoms with E-state index in [2.05, 4.69) is 4.98 Å². The van der Waals surface area contributed by atoms with Crippen LogP contribution in [-0.4, -0.2) is 20.6 Å². The molecule has 0 aliphatic heterocycles. The number of pyridine rings is 1. The number of fused-ring (bicyclic) bond motifs is 1. The van der Waals surface area contributed by atoms with Crippen molar-refractivity contribution in [1.82, 2.24) is 9.55 Å². The quantitative estimate of drug-likeness (QED) is 0.732. The fourth-order valence-corrected chi connectivity index (χ4v) is 1.64. The first-order valence-corrected chi connectivity index (χ1v) is 4.32. The molecule has 0 aliphatic rings. The molecule has 0 fully saturated rings. The molecule has 14 heavy (non-hydrogen) atoms. The van der Waals surface area contributed by atoms with Crippen molar-refractivity contribution in [3.63, 3.8) is 0 Å². The van der Waals surface area contributed by atoms with E-state index in [4.69, 9.17) is 16.7 Å². The fourth-order valence-electron chi connectivity index (χ4n) is 1.41. The average Bonchev–Trinajstić information content (AvgIpc) is 2.47. The normalized spacial score (nSPS) is 10.7. The van der Waals surface area contributed by atoms with Gasteiger partial charge >= 0.3 is 5.97 Å². The van der Waals surface area contributed by atoms with E-state index >= 15 is 0 Å². The maximum absolute atomic E-state index is 10.9. The summed E-state index contributed by atoms with van der Waals surface area (Å²) in [7, 11) is 1.82. The Balaban J connectivity index is 2.90. The third-order valence-electron chi connectivity index (χ3n) is 2.11. The number of hydrogen-bond acceptors (Lipinski definition) is 2. The summed E-state index contributed by atoms with van der Waals surface area (Å²) >= 11 is 5.71. The molecule has 0 aliphatic carbocycles. The highest BCUT2D eigenvalue weighted by atomic mass is 35.5. The van der Waals surface area contributed by atoms with Crippen molar-refractivity contribution in [1.29, 1.82) is 0 Å². The Morgan fingerprint density at radius 2 is 2.36 bits per heavy atom. The van der Waals surface area contributed by atoms with Gasteiger partial charge in [0.1, 0.15) is 10.7 Å². The zero-order valence-corrected chi connectivity index (χ0v) is 8.12. The van der Waals surface area contributed by atoms with Crippen LogP contribution >= 0.6 is 11.6 Å². The van der Waals surface area contributed by atoms with Crippen LogP contribution < -0.4 is 0 Å². The zero-order valence-electron chi connectivity index (χ0n) is 7.36. The monoisotopic (exact) mass is 210 g/mol. The van der Waals surface area contributed by atoms with Crippen LogP contribution in [0.15, 0.2) is 18.5 Å². The number of aromatic carboxylic acids is 1. The van der Waals surface area contributed by atoms with Gasteiger partial charge in [0, 0.05) is 18.6 Å². The number of aryl methyl sites for hydroxylation is 1. The van der Waals surface area contributed by atoms with Crippen LogP contribution in [0.4, 0.5) is 0 Å². The summed E-state index contributed by atoms with van der Waals surface area (Å²) in [5.74, 6) is -1.06. The van der Waals surface area contributed by atoms with Gasteiger partial charge in [0.15, 0.2) is 0 Å². The van der Waals surface area contributed by atoms with Gasteiger partial charge in [-0.25, -0.2) is 9.78 Å². The van der Waals surface area contributed by atoms with E-state index in [1.807, 2.05) is 7.05 Å². The van der Waals surface area contributed by atoms with Gasteiger partial charge in [-0.1, -0.05) is 11.6 Å². The highest BCUT2D eigenvalue weighted by Crippen LogP contribution is 2.24. The van der Waals surface area contributed by atoms with Crippen molar-refractivity contribution < 1.29 is 9.90 Å². The lowest BCUT2D eigenvalue weighted by atomic mass is 10.2. The van der Waals surface area contributed by atoms with Crippen LogP contribution in [0.25, 0.3) is 10.9 Å². The highest BCUT2D eigenvalue weighted by molar-refractivity contribution is 6.33. The van der Waals surface area contributed by atoms with E-state index in [-0.39, 0.29) is 10.7 Å². The predicted octanol–water partition coefficient (Wildman–Crippen LogP) is 1.92. The number of aromatic nitrogens is 2. The molecule has 2 heterocycles. The third-order valence-corrected chi connectivity index (χ3v) is 2.40. The first-order valence-electron chi connectivity index (χ1n) is 3.94. The van der Waals surface area contributed by atoms with Crippen molar-refractivity contribution in [3.05, 3.63) is 29.2 Å². The number of carbonyl (C=O) groups is 1. The Hall–Kier alpha value is -1.55. The van der Waals surface area contributed by atoms with E-state index < -0.39 is 5.97 Å². The van der Waals surface area contributed by atoms with Gasteiger partial charge in [-0.05, 0) is 6.07 Å². The Labute approximate surface area is 84.7 Å². The summed E-state index contributed by atoms with van der Waals surface area (Å²) in [6.07, 6.45) is 3.33. The van der Waals surface area contributed by atoms with Crippen LogP contribution in [0.2, 0.25) is 5.15 Å². The summed E-state index contributed by atoms with van der Waals surface area (Å²) in [5.41, 5.74) is 0.816. The van der Waals surface area contributed by atoms with Crippen LogP contribution in [0, 0.1) is 0 Å². The second-order valence-electron chi connectivity index (χ2n) is 2.95. The van der Waals surface area contributed by atoms with E-state index in [9.17, 15) is 4.79 Å². The average molecular weight is 211 g/mol. The van der Waals surface area contributed by atoms with Gasteiger partial charge in [-0.15, -0.1) is 0 Å². The number of halogens is 1. The second kappa shape index (κ2) is 2.99. The molecular formula is C9H7ClN2O2. The maximum Gasteiger partial charge on any atom is 0.339 e. The van der Waals surface area contributed by atoms with E-state index in [0.717, 1.165) is 5.52 Å². The molecule has 0 unspecified atom stereocenters. The van der Waals surface area contributed by atoms with E-state index in [1.54, 1.807) is 23.0 Å². The summed E-state index contributed by atoms with van der Waals surface area (Å²) in [4.78, 5) is 14.7. The standard InChI is InChI=1S/C9H7ClN2O2/c1-12-3-2-5-6(12)4-11-8(10)7(5)9(13)14/h2-4H,1H3,(H,13,14). The Morgan fingerprint density at radius 1 is 1.64 bits per heavy atom. The number of carboxylic acid groups (broad SMARTS) is 1. The molecule has 2 rings (SSSR count). The minimum Gasteiger partial charge on any atom is -0.478 e. The van der Waals surface area contributed by atoms with Crippen LogP contribution in [0.1, 0.15) is 10.4 Å². The first kappa shape index (κ1) is 9.02. The fraction of sp³-hybridized carbons (Fsp3) is 0.111. The molecule has 0 saturated heterocycles. The molecule has 0 saturated carbocycles. The highest BCUT2D eigenvalue weighted by Gasteiger charge is 2.15. The smallest absolute Gasteiger partial charge is 0.339 e. The van der Waals surface area contributed by atoms with Gasteiger partial charge in [-0.3, -0.25) is 0 Å². The lowest BCUT2D eigenvalue weighted by Gasteiger charge is -2.00. The Kier molecular flexibility index (Phi) is 1.93. The van der Waals surface area contributed by atoms with Crippen LogP contribution in [0.3, 0.4) is 0 Å². The number of nitrogens with zero attached hydrogens (tertiary/aromatic N) is 2. The molecule has 0 radical (unpaired) electrons. The molecule has 5 heteroatoms. The number of rotatable bonds is 1. The molecule has 0 spiro atoms. The number of hydrogen-bond donors (Lipinski definition) is 1. The number of carboxylic acids is 1. The first-order chi connectivity index (χ1) is 6.61. The summed E-state index contributed by atoms with van der Waals surface area (Å²) < 4.78 is 1.80. The van der Waals surface area contributed by atoms with Gasteiger partial charge in [0.2, 0.25) is 0 Å². The Morgan fingerprint density at radius 3 is 3.00 bits per heavy atom. The van der Waals surface area contributed by atoms with Gasteiger partial charge in [-0.2, -0.15) is 0 Å². The molecular weight excluding hydrogens is 204 g/mol. The van der Waals surface area contributed by atoms with E-state index in [1.165, 1.54) is 0 Å². The molecule has 1 N–H and O–H groups in total. The second-order valence-corrected chi connectivity index (χ2v) is 3.31. The van der Waals surface area contributed by atoms with Crippen molar-refractivity contribution in [3.8, 4) is 0 Å². The maximum atomic E-state index is 10.9. The molecule has 0 amide bonds. The largest absolute Gasteiger partial charge is 0.478 e. The lowest BCUT2D eigenvalue weighted by molar-refractivity contribution is 0.0699. The molecule has 4 nitrogen and oxygen atoms in total. The minimum atomic E-state index is -1.06. The molecule has 0 aromatic carbocycles. The van der Waals surface area contributed by atoms with Crippen molar-refractivity contribution in [2.24, 2.45) is 7.05 Å².